The molecular weight excluding hydrogens is 501 g/mol. The molecule has 0 atom stereocenters. The van der Waals surface area contributed by atoms with Crippen molar-refractivity contribution in [3.05, 3.63) is 39.7 Å². The molecule has 0 spiro atoms. The highest BCUT2D eigenvalue weighted by Gasteiger charge is 2.31. The van der Waals surface area contributed by atoms with Crippen molar-refractivity contribution in [1.82, 2.24) is 15.1 Å². The van der Waals surface area contributed by atoms with Crippen molar-refractivity contribution >= 4 is 62.7 Å². The molecule has 1 aliphatic heterocycles. The minimum absolute atomic E-state index is 0.115. The monoisotopic (exact) mass is 530 g/mol. The van der Waals surface area contributed by atoms with Gasteiger partial charge in [-0.05, 0) is 62.3 Å². The SMILES string of the molecule is CCCc1nnc(NC(=O)CCCN2C(=O)/C(=C/c3ccc(OC4CCCCC4)cc3)SC2=S)s1. The van der Waals surface area contributed by atoms with Crippen LogP contribution in [0.4, 0.5) is 5.13 Å². The lowest BCUT2D eigenvalue weighted by molar-refractivity contribution is -0.122. The average molecular weight is 531 g/mol. The van der Waals surface area contributed by atoms with Crippen LogP contribution < -0.4 is 10.1 Å². The summed E-state index contributed by atoms with van der Waals surface area (Å²) in [6.07, 6.45) is 10.8. The summed E-state index contributed by atoms with van der Waals surface area (Å²) in [7, 11) is 0. The number of hydrogen-bond acceptors (Lipinski definition) is 8. The first-order chi connectivity index (χ1) is 17.0. The number of thioether (sulfide) groups is 1. The van der Waals surface area contributed by atoms with Gasteiger partial charge in [-0.15, -0.1) is 10.2 Å². The molecule has 1 aromatic heterocycles. The predicted octanol–water partition coefficient (Wildman–Crippen LogP) is 5.82. The van der Waals surface area contributed by atoms with Crippen LogP contribution in [0.2, 0.25) is 0 Å². The summed E-state index contributed by atoms with van der Waals surface area (Å²) >= 11 is 8.12. The molecule has 1 aliphatic carbocycles. The molecule has 4 rings (SSSR count). The molecule has 2 aliphatic rings. The van der Waals surface area contributed by atoms with Gasteiger partial charge in [-0.3, -0.25) is 14.5 Å². The molecule has 0 unspecified atom stereocenters. The molecular formula is C25H30N4O3S3. The third kappa shape index (κ3) is 7.35. The highest BCUT2D eigenvalue weighted by atomic mass is 32.2. The van der Waals surface area contributed by atoms with Crippen molar-refractivity contribution in [3.63, 3.8) is 0 Å². The quantitative estimate of drug-likeness (QED) is 0.306. The van der Waals surface area contributed by atoms with E-state index in [0.29, 0.717) is 33.4 Å². The number of benzene rings is 1. The molecule has 0 bridgehead atoms. The highest BCUT2D eigenvalue weighted by Crippen LogP contribution is 2.33. The van der Waals surface area contributed by atoms with E-state index in [9.17, 15) is 9.59 Å². The van der Waals surface area contributed by atoms with Crippen molar-refractivity contribution in [2.75, 3.05) is 11.9 Å². The minimum Gasteiger partial charge on any atom is -0.490 e. The number of anilines is 1. The second-order valence-electron chi connectivity index (χ2n) is 8.68. The number of nitrogens with one attached hydrogen (secondary N) is 1. The minimum atomic E-state index is -0.138. The van der Waals surface area contributed by atoms with Gasteiger partial charge in [-0.1, -0.05) is 60.8 Å². The van der Waals surface area contributed by atoms with E-state index in [0.717, 1.165) is 42.0 Å². The van der Waals surface area contributed by atoms with Crippen LogP contribution in [0.5, 0.6) is 5.75 Å². The summed E-state index contributed by atoms with van der Waals surface area (Å²) in [5.74, 6) is 0.618. The third-order valence-corrected chi connectivity index (χ3v) is 8.15. The second-order valence-corrected chi connectivity index (χ2v) is 11.4. The van der Waals surface area contributed by atoms with E-state index in [-0.39, 0.29) is 18.2 Å². The van der Waals surface area contributed by atoms with Crippen LogP contribution in [0.1, 0.15) is 68.9 Å². The first-order valence-corrected chi connectivity index (χ1v) is 14.2. The second kappa shape index (κ2) is 12.6. The lowest BCUT2D eigenvalue weighted by Crippen LogP contribution is -2.29. The van der Waals surface area contributed by atoms with E-state index in [4.69, 9.17) is 17.0 Å². The van der Waals surface area contributed by atoms with Crippen LogP contribution in [-0.2, 0) is 16.0 Å². The van der Waals surface area contributed by atoms with E-state index < -0.39 is 0 Å². The zero-order valence-corrected chi connectivity index (χ0v) is 22.3. The Morgan fingerprint density at radius 1 is 1.23 bits per heavy atom. The van der Waals surface area contributed by atoms with Crippen LogP contribution in [0.3, 0.4) is 0 Å². The molecule has 1 aromatic carbocycles. The van der Waals surface area contributed by atoms with E-state index >= 15 is 0 Å². The molecule has 1 N–H and O–H groups in total. The maximum Gasteiger partial charge on any atom is 0.266 e. The highest BCUT2D eigenvalue weighted by molar-refractivity contribution is 8.26. The Morgan fingerprint density at radius 2 is 2.00 bits per heavy atom. The number of amides is 2. The zero-order chi connectivity index (χ0) is 24.6. The lowest BCUT2D eigenvalue weighted by atomic mass is 9.98. The number of carbonyl (C=O) groups excluding carboxylic acids is 2. The van der Waals surface area contributed by atoms with E-state index in [2.05, 4.69) is 22.4 Å². The number of ether oxygens (including phenoxy) is 1. The normalized spacial score (nSPS) is 17.9. The van der Waals surface area contributed by atoms with Gasteiger partial charge < -0.3 is 10.1 Å². The van der Waals surface area contributed by atoms with Crippen molar-refractivity contribution in [2.45, 2.75) is 70.8 Å². The molecule has 2 aromatic rings. The van der Waals surface area contributed by atoms with E-state index in [1.807, 2.05) is 30.3 Å². The standard InChI is InChI=1S/C25H30N4O3S3/c1-2-7-22-27-28-24(35-22)26-21(30)10-6-15-29-23(31)20(34-25(29)33)16-17-11-13-19(14-12-17)32-18-8-4-3-5-9-18/h11-14,16,18H,2-10,15H2,1H3,(H,26,28,30)/b20-16-. The molecule has 2 heterocycles. The number of thiocarbonyl (C=S) groups is 1. The van der Waals surface area contributed by atoms with E-state index in [1.54, 1.807) is 4.90 Å². The average Bonchev–Trinajstić information content (AvgIpc) is 3.40. The Morgan fingerprint density at radius 3 is 2.74 bits per heavy atom. The Kier molecular flexibility index (Phi) is 9.28. The Bertz CT molecular complexity index is 1080. The zero-order valence-electron chi connectivity index (χ0n) is 19.8. The van der Waals surface area contributed by atoms with Gasteiger partial charge in [0, 0.05) is 19.4 Å². The molecule has 2 amide bonds. The van der Waals surface area contributed by atoms with Crippen LogP contribution in [0, 0.1) is 0 Å². The maximum absolute atomic E-state index is 12.9. The van der Waals surface area contributed by atoms with Crippen LogP contribution >= 0.6 is 35.3 Å². The number of nitrogens with zero attached hydrogens (tertiary/aromatic N) is 3. The van der Waals surface area contributed by atoms with Gasteiger partial charge in [0.15, 0.2) is 0 Å². The number of carbonyl (C=O) groups is 2. The number of aromatic nitrogens is 2. The molecule has 0 radical (unpaired) electrons. The Balaban J connectivity index is 1.25. The van der Waals surface area contributed by atoms with Gasteiger partial charge in [-0.2, -0.15) is 0 Å². The Hall–Kier alpha value is -2.30. The first kappa shape index (κ1) is 25.8. The van der Waals surface area contributed by atoms with Gasteiger partial charge in [-0.25, -0.2) is 0 Å². The lowest BCUT2D eigenvalue weighted by Gasteiger charge is -2.22. The topological polar surface area (TPSA) is 84.4 Å². The third-order valence-electron chi connectivity index (χ3n) is 5.87. The van der Waals surface area contributed by atoms with Crippen LogP contribution in [0.15, 0.2) is 29.2 Å². The molecule has 2 fully saturated rings. The number of hydrogen-bond donors (Lipinski definition) is 1. The smallest absolute Gasteiger partial charge is 0.266 e. The molecule has 186 valence electrons. The summed E-state index contributed by atoms with van der Waals surface area (Å²) in [6, 6.07) is 7.86. The van der Waals surface area contributed by atoms with Crippen molar-refractivity contribution < 1.29 is 14.3 Å². The largest absolute Gasteiger partial charge is 0.490 e. The van der Waals surface area contributed by atoms with Gasteiger partial charge >= 0.3 is 0 Å². The van der Waals surface area contributed by atoms with Gasteiger partial charge in [0.1, 0.15) is 15.1 Å². The molecule has 1 saturated carbocycles. The number of aryl methyl sites for hydroxylation is 1. The molecule has 35 heavy (non-hydrogen) atoms. The summed E-state index contributed by atoms with van der Waals surface area (Å²) in [5.41, 5.74) is 0.931. The van der Waals surface area contributed by atoms with Gasteiger partial charge in [0.25, 0.3) is 5.91 Å². The summed E-state index contributed by atoms with van der Waals surface area (Å²) in [5, 5.41) is 12.3. The predicted molar refractivity (Wildman–Crippen MR) is 146 cm³/mol. The fraction of sp³-hybridized carbons (Fsp3) is 0.480. The van der Waals surface area contributed by atoms with Crippen molar-refractivity contribution in [2.24, 2.45) is 0 Å². The summed E-state index contributed by atoms with van der Waals surface area (Å²) in [6.45, 7) is 2.48. The Labute approximate surface area is 219 Å². The fourth-order valence-electron chi connectivity index (χ4n) is 4.06. The first-order valence-electron chi connectivity index (χ1n) is 12.2. The number of rotatable bonds is 10. The molecule has 1 saturated heterocycles. The maximum atomic E-state index is 12.9. The summed E-state index contributed by atoms with van der Waals surface area (Å²) in [4.78, 5) is 27.3. The van der Waals surface area contributed by atoms with Crippen LogP contribution in [0.25, 0.3) is 6.08 Å². The fourth-order valence-corrected chi connectivity index (χ4v) is 6.23. The van der Waals surface area contributed by atoms with E-state index in [1.165, 1.54) is 42.4 Å². The van der Waals surface area contributed by atoms with Gasteiger partial charge in [0.05, 0.1) is 11.0 Å². The molecule has 10 heteroatoms. The van der Waals surface area contributed by atoms with Gasteiger partial charge in [0.2, 0.25) is 11.0 Å². The van der Waals surface area contributed by atoms with Crippen molar-refractivity contribution in [1.29, 1.82) is 0 Å². The van der Waals surface area contributed by atoms with Crippen molar-refractivity contribution in [3.8, 4) is 5.75 Å². The molecule has 7 nitrogen and oxygen atoms in total. The summed E-state index contributed by atoms with van der Waals surface area (Å²) < 4.78 is 6.61. The van der Waals surface area contributed by atoms with Crippen LogP contribution in [-0.4, -0.2) is 43.9 Å².